The molecule has 0 aromatic heterocycles. The maximum Gasteiger partial charge on any atom is 0.204 e. The summed E-state index contributed by atoms with van der Waals surface area (Å²) in [5.41, 5.74) is -0.274. The largest absolute Gasteiger partial charge is 0.415 e. The quantitative estimate of drug-likeness (QED) is 0.327. The Kier molecular flexibility index (Phi) is 8.58. The average molecular weight is 465 g/mol. The Morgan fingerprint density at radius 2 is 1.04 bits per heavy atom. The fraction of sp³-hybridized carbons (Fsp3) is 1.00. The van der Waals surface area contributed by atoms with Crippen molar-refractivity contribution in [3.8, 4) is 0 Å². The van der Waals surface area contributed by atoms with E-state index in [1.165, 1.54) is 0 Å². The van der Waals surface area contributed by atoms with E-state index in [-0.39, 0.29) is 21.1 Å². The molecule has 0 saturated heterocycles. The summed E-state index contributed by atoms with van der Waals surface area (Å²) in [6.07, 6.45) is 0. The third-order valence-corrected chi connectivity index (χ3v) is 20.3. The van der Waals surface area contributed by atoms with Crippen molar-refractivity contribution in [3.63, 3.8) is 0 Å². The first-order valence-electron chi connectivity index (χ1n) is 10.9. The van der Waals surface area contributed by atoms with E-state index in [1.807, 2.05) is 0 Å². The zero-order chi connectivity index (χ0) is 23.2. The van der Waals surface area contributed by atoms with E-state index in [9.17, 15) is 0 Å². The lowest BCUT2D eigenvalue weighted by atomic mass is 9.94. The van der Waals surface area contributed by atoms with Crippen molar-refractivity contribution in [1.82, 2.24) is 0 Å². The first-order chi connectivity index (χ1) is 11.8. The second-order valence-electron chi connectivity index (χ2n) is 13.1. The minimum atomic E-state index is -2.08. The molecule has 0 bridgehead atoms. The molecule has 0 aliphatic rings. The molecule has 0 aromatic rings. The van der Waals surface area contributed by atoms with Crippen LogP contribution < -0.4 is 0 Å². The van der Waals surface area contributed by atoms with Gasteiger partial charge in [0.25, 0.3) is 0 Å². The van der Waals surface area contributed by atoms with Gasteiger partial charge in [-0.05, 0) is 80.8 Å². The van der Waals surface area contributed by atoms with Crippen LogP contribution in [-0.2, 0) is 13.3 Å². The monoisotopic (exact) mass is 464 g/mol. The fourth-order valence-electron chi connectivity index (χ4n) is 3.25. The number of hydrogen-bond acceptors (Lipinski definition) is 3. The Hall–Kier alpha value is 0.748. The van der Waals surface area contributed by atoms with Crippen LogP contribution >= 0.6 is 0 Å². The standard InChI is InChI=1S/C21H52O3Si4/c1-18(2,22-25(9)20(5,6)23-27(13,14)15)19(3,4)28(16,17)24-21(7,8)26(10,11)12/h25H,1-17H3. The third kappa shape index (κ3) is 6.89. The Balaban J connectivity index is 5.68. The molecule has 1 unspecified atom stereocenters. The van der Waals surface area contributed by atoms with Crippen LogP contribution in [-0.4, -0.2) is 49.8 Å². The van der Waals surface area contributed by atoms with E-state index in [0.29, 0.717) is 0 Å². The van der Waals surface area contributed by atoms with Gasteiger partial charge in [-0.1, -0.05) is 33.5 Å². The fourth-order valence-corrected chi connectivity index (χ4v) is 13.2. The first-order valence-corrected chi connectivity index (χ1v) is 22.9. The van der Waals surface area contributed by atoms with Crippen molar-refractivity contribution in [3.05, 3.63) is 0 Å². The summed E-state index contributed by atoms with van der Waals surface area (Å²) in [4.78, 5) is 0. The van der Waals surface area contributed by atoms with Crippen LogP contribution in [0.4, 0.5) is 0 Å². The lowest BCUT2D eigenvalue weighted by Crippen LogP contribution is -2.63. The molecule has 0 fully saturated rings. The van der Waals surface area contributed by atoms with E-state index in [4.69, 9.17) is 13.3 Å². The molecular weight excluding hydrogens is 413 g/mol. The minimum absolute atomic E-state index is 0.0482. The third-order valence-electron chi connectivity index (χ3n) is 7.35. The summed E-state index contributed by atoms with van der Waals surface area (Å²) in [6, 6.07) is 0. The van der Waals surface area contributed by atoms with Gasteiger partial charge in [0.2, 0.25) is 9.04 Å². The molecule has 0 aliphatic carbocycles. The van der Waals surface area contributed by atoms with Crippen LogP contribution in [0.25, 0.3) is 0 Å². The Morgan fingerprint density at radius 3 is 1.36 bits per heavy atom. The highest BCUT2D eigenvalue weighted by Crippen LogP contribution is 2.51. The number of hydrogen-bond donors (Lipinski definition) is 0. The summed E-state index contributed by atoms with van der Waals surface area (Å²) in [5.74, 6) is 0. The summed E-state index contributed by atoms with van der Waals surface area (Å²) < 4.78 is 20.4. The van der Waals surface area contributed by atoms with Crippen LogP contribution in [0, 0.1) is 0 Å². The molecule has 3 nitrogen and oxygen atoms in total. The molecule has 0 aliphatic heterocycles. The van der Waals surface area contributed by atoms with Gasteiger partial charge >= 0.3 is 0 Å². The van der Waals surface area contributed by atoms with Gasteiger partial charge in [0.1, 0.15) is 0 Å². The Morgan fingerprint density at radius 1 is 0.643 bits per heavy atom. The number of rotatable bonds is 10. The van der Waals surface area contributed by atoms with Crippen LogP contribution in [0.2, 0.25) is 64.0 Å². The van der Waals surface area contributed by atoms with E-state index in [1.54, 1.807) is 0 Å². The van der Waals surface area contributed by atoms with Crippen LogP contribution in [0.3, 0.4) is 0 Å². The van der Waals surface area contributed by atoms with E-state index < -0.39 is 33.7 Å². The second kappa shape index (κ2) is 8.35. The predicted octanol–water partition coefficient (Wildman–Crippen LogP) is 6.96. The van der Waals surface area contributed by atoms with Gasteiger partial charge in [-0.3, -0.25) is 0 Å². The molecule has 0 amide bonds. The van der Waals surface area contributed by atoms with Crippen LogP contribution in [0.5, 0.6) is 0 Å². The van der Waals surface area contributed by atoms with Crippen LogP contribution in [0.1, 0.15) is 55.4 Å². The maximum atomic E-state index is 7.00. The van der Waals surface area contributed by atoms with Crippen molar-refractivity contribution in [2.75, 3.05) is 0 Å². The van der Waals surface area contributed by atoms with Gasteiger partial charge in [0.15, 0.2) is 16.6 Å². The highest BCUT2D eigenvalue weighted by molar-refractivity contribution is 6.81. The van der Waals surface area contributed by atoms with Gasteiger partial charge in [-0.25, -0.2) is 0 Å². The van der Waals surface area contributed by atoms with Gasteiger partial charge in [-0.15, -0.1) is 0 Å². The van der Waals surface area contributed by atoms with Crippen LogP contribution in [0.15, 0.2) is 0 Å². The van der Waals surface area contributed by atoms with Gasteiger partial charge in [-0.2, -0.15) is 0 Å². The molecule has 28 heavy (non-hydrogen) atoms. The predicted molar refractivity (Wildman–Crippen MR) is 137 cm³/mol. The maximum absolute atomic E-state index is 7.00. The molecule has 0 rings (SSSR count). The van der Waals surface area contributed by atoms with Crippen molar-refractivity contribution < 1.29 is 13.3 Å². The van der Waals surface area contributed by atoms with E-state index in [2.05, 4.69) is 114 Å². The SMILES string of the molecule is C[SiH](OC(C)(C)C(C)(C)[Si](C)(C)OC(C)(C)[Si](C)(C)C)C(C)(C)O[Si](C)(C)C. The summed E-state index contributed by atoms with van der Waals surface area (Å²) in [6.45, 7) is 39.3. The summed E-state index contributed by atoms with van der Waals surface area (Å²) in [7, 11) is -6.77. The van der Waals surface area contributed by atoms with Crippen molar-refractivity contribution >= 4 is 33.7 Å². The zero-order valence-corrected chi connectivity index (χ0v) is 26.5. The smallest absolute Gasteiger partial charge is 0.204 e. The summed E-state index contributed by atoms with van der Waals surface area (Å²) in [5, 5.41) is -0.283. The normalized spacial score (nSPS) is 17.0. The second-order valence-corrected chi connectivity index (χ2v) is 30.6. The molecule has 7 heteroatoms. The van der Waals surface area contributed by atoms with E-state index >= 15 is 0 Å². The Labute approximate surface area is 182 Å². The molecule has 0 N–H and O–H groups in total. The molecule has 0 heterocycles. The Bertz CT molecular complexity index is 527. The molecule has 1 atom stereocenters. The highest BCUT2D eigenvalue weighted by Gasteiger charge is 2.56. The van der Waals surface area contributed by atoms with Gasteiger partial charge in [0, 0.05) is 10.3 Å². The topological polar surface area (TPSA) is 27.7 Å². The van der Waals surface area contributed by atoms with Crippen molar-refractivity contribution in [1.29, 1.82) is 0 Å². The molecule has 0 aromatic carbocycles. The zero-order valence-electron chi connectivity index (χ0n) is 22.3. The molecule has 0 radical (unpaired) electrons. The molecule has 0 saturated carbocycles. The lowest BCUT2D eigenvalue weighted by molar-refractivity contribution is 0.0254. The first kappa shape index (κ1) is 28.7. The molecular formula is C21H52O3Si4. The van der Waals surface area contributed by atoms with Crippen molar-refractivity contribution in [2.45, 2.75) is 135 Å². The lowest BCUT2D eigenvalue weighted by Gasteiger charge is -2.55. The highest BCUT2D eigenvalue weighted by atomic mass is 28.4. The average Bonchev–Trinajstić information content (AvgIpc) is 2.31. The van der Waals surface area contributed by atoms with E-state index in [0.717, 1.165) is 0 Å². The van der Waals surface area contributed by atoms with Gasteiger partial charge in [0.05, 0.1) is 18.9 Å². The molecule has 170 valence electrons. The molecule has 0 spiro atoms. The van der Waals surface area contributed by atoms with Gasteiger partial charge < -0.3 is 13.3 Å². The summed E-state index contributed by atoms with van der Waals surface area (Å²) >= 11 is 0. The minimum Gasteiger partial charge on any atom is -0.415 e. The van der Waals surface area contributed by atoms with Crippen molar-refractivity contribution in [2.24, 2.45) is 0 Å².